The molecule has 0 amide bonds. The average molecular weight is 1750 g/mol. The Morgan fingerprint density at radius 3 is 0.919 bits per heavy atom. The maximum absolute atomic E-state index is 8.46. The van der Waals surface area contributed by atoms with Crippen LogP contribution in [0.2, 0.25) is 0 Å². The first-order chi connectivity index (χ1) is 65.6. The van der Waals surface area contributed by atoms with Crippen molar-refractivity contribution in [1.82, 2.24) is 0 Å². The Labute approximate surface area is 801 Å². The monoisotopic (exact) mass is 1750 g/mol. The minimum absolute atomic E-state index is 0.180. The van der Waals surface area contributed by atoms with Crippen LogP contribution in [0.1, 0.15) is 176 Å². The van der Waals surface area contributed by atoms with E-state index in [1.165, 1.54) is 161 Å². The summed E-state index contributed by atoms with van der Waals surface area (Å²) in [6.45, 7) is 35.1. The van der Waals surface area contributed by atoms with Crippen LogP contribution in [0, 0.1) is 0 Å². The third-order valence-corrected chi connectivity index (χ3v) is 31.6. The Bertz CT molecular complexity index is 7940. The maximum atomic E-state index is 8.46. The molecule has 18 aromatic rings. The van der Waals surface area contributed by atoms with Crippen molar-refractivity contribution in [2.45, 2.75) is 142 Å². The third-order valence-electron chi connectivity index (χ3n) is 31.6. The Balaban J connectivity index is 0.796. The number of benzene rings is 18. The predicted molar refractivity (Wildman–Crippen MR) is 574 cm³/mol. The lowest BCUT2D eigenvalue weighted by Gasteiger charge is -2.46. The van der Waals surface area contributed by atoms with Gasteiger partial charge in [0.05, 0.1) is 16.5 Å². The van der Waals surface area contributed by atoms with Crippen LogP contribution in [0.4, 0.5) is 51.2 Å². The van der Waals surface area contributed by atoms with Gasteiger partial charge in [-0.15, -0.1) is 0 Å². The van der Waals surface area contributed by atoms with Gasteiger partial charge in [0, 0.05) is 62.7 Å². The number of nitrogens with zero attached hydrogens (tertiary/aromatic N) is 3. The molecule has 0 atom stereocenters. The number of hydrogen-bond acceptors (Lipinski definition) is 4. The number of rotatable bonds is 7. The first-order valence-electron chi connectivity index (χ1n) is 48.9. The van der Waals surface area contributed by atoms with Crippen LogP contribution in [0.25, 0.3) is 89.0 Å². The van der Waals surface area contributed by atoms with E-state index < -0.39 is 10.8 Å². The lowest BCUT2D eigenvalue weighted by molar-refractivity contribution is 0.488. The molecule has 0 fully saturated rings. The van der Waals surface area contributed by atoms with E-state index in [1.807, 2.05) is 0 Å². The van der Waals surface area contributed by atoms with Gasteiger partial charge in [0.25, 0.3) is 13.4 Å². The average Bonchev–Trinajstić information content (AvgIpc) is 1.45. The highest BCUT2D eigenvalue weighted by molar-refractivity contribution is 7.02. The molecule has 4 nitrogen and oxygen atoms in total. The molecule has 0 aromatic heterocycles. The molecule has 0 saturated heterocycles. The van der Waals surface area contributed by atoms with E-state index in [4.69, 9.17) is 4.74 Å². The molecule has 0 N–H and O–H groups in total. The minimum Gasteiger partial charge on any atom is -0.458 e. The van der Waals surface area contributed by atoms with E-state index in [0.29, 0.717) is 0 Å². The second-order valence-corrected chi connectivity index (χ2v) is 44.5. The number of para-hydroxylation sites is 2. The van der Waals surface area contributed by atoms with Crippen molar-refractivity contribution in [3.8, 4) is 101 Å². The van der Waals surface area contributed by atoms with E-state index in [0.717, 1.165) is 95.9 Å². The smallest absolute Gasteiger partial charge is 0.256 e. The Morgan fingerprint density at radius 1 is 0.206 bits per heavy atom. The molecule has 4 heterocycles. The van der Waals surface area contributed by atoms with Gasteiger partial charge in [-0.2, -0.15) is 0 Å². The van der Waals surface area contributed by atoms with Gasteiger partial charge < -0.3 is 19.4 Å². The Kier molecular flexibility index (Phi) is 17.4. The molecule has 8 aliphatic rings. The summed E-state index contributed by atoms with van der Waals surface area (Å²) >= 11 is 0. The van der Waals surface area contributed by atoms with Crippen molar-refractivity contribution in [1.29, 1.82) is 0 Å². The largest absolute Gasteiger partial charge is 0.458 e. The van der Waals surface area contributed by atoms with Crippen molar-refractivity contribution >= 4 is 97.4 Å². The van der Waals surface area contributed by atoms with E-state index in [9.17, 15) is 0 Å². The fraction of sp³-hybridized carbons (Fsp3) is 0.169. The third kappa shape index (κ3) is 11.6. The first-order valence-corrected chi connectivity index (χ1v) is 48.9. The van der Waals surface area contributed by atoms with E-state index in [-0.39, 0.29) is 40.5 Å². The van der Waals surface area contributed by atoms with Crippen LogP contribution in [0.3, 0.4) is 0 Å². The SMILES string of the molecule is CC(C)(C)c1cc(N2c3ccccc3B3c4cc5c(cc4Oc4cc(-c6cccc7c6C6(c8ccccc8-c8ccccc86)c6ccccc6-7)cc2c43)N(c2cc(C(C)(C)C)cc(C(C)(C)C)c2)c2cc(-c3cccc4c3C3(c6ccccc6-c6ccccc63)c3ccccc3-4)cc3c2B5c2ccccc2N3c2c(-c3ccccc3)cc(C(C)(C)C)cc2-c2ccccc2)cc(C(C)(C)C)c1. The lowest BCUT2D eigenvalue weighted by atomic mass is 9.30. The van der Waals surface area contributed by atoms with Crippen LogP contribution in [0.5, 0.6) is 11.5 Å². The van der Waals surface area contributed by atoms with Crippen molar-refractivity contribution in [2.75, 3.05) is 14.7 Å². The highest BCUT2D eigenvalue weighted by Crippen LogP contribution is 2.68. The minimum atomic E-state index is -0.677. The van der Waals surface area contributed by atoms with Crippen LogP contribution >= 0.6 is 0 Å². The van der Waals surface area contributed by atoms with Crippen molar-refractivity contribution in [3.63, 3.8) is 0 Å². The van der Waals surface area contributed by atoms with Gasteiger partial charge in [-0.05, 0) is 283 Å². The molecule has 0 unspecified atom stereocenters. The summed E-state index contributed by atoms with van der Waals surface area (Å²) in [5, 5.41) is 0. The Morgan fingerprint density at radius 2 is 0.515 bits per heavy atom. The van der Waals surface area contributed by atoms with Crippen LogP contribution in [0.15, 0.2) is 376 Å². The molecule has 2 spiro atoms. The first kappa shape index (κ1) is 82.0. The molecule has 6 heteroatoms. The van der Waals surface area contributed by atoms with E-state index in [2.05, 4.69) is 495 Å². The van der Waals surface area contributed by atoms with E-state index in [1.54, 1.807) is 0 Å². The topological polar surface area (TPSA) is 19.0 Å². The normalized spacial score (nSPS) is 14.7. The number of fused-ring (bicyclic) bond motifs is 28. The van der Waals surface area contributed by atoms with Crippen molar-refractivity contribution < 1.29 is 4.74 Å². The molecule has 0 radical (unpaired) electrons. The van der Waals surface area contributed by atoms with Crippen LogP contribution in [-0.4, -0.2) is 13.4 Å². The summed E-state index contributed by atoms with van der Waals surface area (Å²) in [6, 6.07) is 147. The lowest BCUT2D eigenvalue weighted by Crippen LogP contribution is -2.64. The number of hydrogen-bond donors (Lipinski definition) is 0. The predicted octanol–water partition coefficient (Wildman–Crippen LogP) is 30.0. The van der Waals surface area contributed by atoms with Gasteiger partial charge in [0.1, 0.15) is 11.5 Å². The maximum Gasteiger partial charge on any atom is 0.256 e. The van der Waals surface area contributed by atoms with Gasteiger partial charge in [0.15, 0.2) is 0 Å². The van der Waals surface area contributed by atoms with Gasteiger partial charge in [-0.3, -0.25) is 0 Å². The molecule has 26 rings (SSSR count). The second-order valence-electron chi connectivity index (χ2n) is 44.5. The van der Waals surface area contributed by atoms with Crippen LogP contribution in [-0.2, 0) is 37.9 Å². The molecule has 0 saturated carbocycles. The van der Waals surface area contributed by atoms with E-state index >= 15 is 0 Å². The zero-order valence-electron chi connectivity index (χ0n) is 80.2. The summed E-state index contributed by atoms with van der Waals surface area (Å²) in [7, 11) is 0. The fourth-order valence-electron chi connectivity index (χ4n) is 25.2. The van der Waals surface area contributed by atoms with Gasteiger partial charge in [-0.1, -0.05) is 401 Å². The Hall–Kier alpha value is -14.7. The summed E-state index contributed by atoms with van der Waals surface area (Å²) < 4.78 is 8.46. The molecule has 4 aliphatic heterocycles. The summed E-state index contributed by atoms with van der Waals surface area (Å²) in [5.41, 5.74) is 51.1. The van der Waals surface area contributed by atoms with Crippen molar-refractivity contribution in [3.05, 3.63) is 448 Å². The van der Waals surface area contributed by atoms with Crippen molar-refractivity contribution in [2.24, 2.45) is 0 Å². The fourth-order valence-corrected chi connectivity index (χ4v) is 25.2. The summed E-state index contributed by atoms with van der Waals surface area (Å²) in [6.07, 6.45) is 0. The zero-order valence-corrected chi connectivity index (χ0v) is 80.2. The van der Waals surface area contributed by atoms with Gasteiger partial charge in [0.2, 0.25) is 0 Å². The molecular formula is C130H107B2N3O. The highest BCUT2D eigenvalue weighted by atomic mass is 16.5. The molecular weight excluding hydrogens is 1640 g/mol. The number of ether oxygens (including phenoxy) is 1. The quantitative estimate of drug-likeness (QED) is 0.148. The molecule has 18 aromatic carbocycles. The second kappa shape index (κ2) is 28.9. The zero-order chi connectivity index (χ0) is 92.5. The molecule has 0 bridgehead atoms. The summed E-state index contributed by atoms with van der Waals surface area (Å²) in [5.74, 6) is 1.69. The van der Waals surface area contributed by atoms with Gasteiger partial charge >= 0.3 is 0 Å². The number of anilines is 9. The molecule has 136 heavy (non-hydrogen) atoms. The molecule has 654 valence electrons. The standard InChI is InChI=1S/C130H107B2N3O/c1-124(2,3)82-68-83(125(4,5)6)71-87(70-82)133-111-62-36-34-60-107(111)132-110-76-109-113(77-117(110)136-118-67-81(66-116(133)122(118)132)90-51-39-53-98-96-49-27-33-59-106(96)130(120(90)98)103-56-30-24-46-93(103)94-47-25-31-57-104(94)130)134(88-72-84(126(7,8)9)69-85(73-88)127(10,11)12)114-64-80(89-50-38-52-97-95-48-26-32-58-105(95)129(119(89)97)101-54-28-22-44-91(101)92-45-23-29-55-102(92)129)65-115-121(114)131(109)108-61-35-37-63-112(108)135(115)123-99(78-40-18-16-19-41-78)74-86(128(13,14)15)75-100(123)79-42-20-17-21-43-79/h16-77H,1-15H3. The van der Waals surface area contributed by atoms with Gasteiger partial charge in [-0.25, -0.2) is 0 Å². The highest BCUT2D eigenvalue weighted by Gasteiger charge is 2.57. The summed E-state index contributed by atoms with van der Waals surface area (Å²) in [4.78, 5) is 8.11. The molecule has 4 aliphatic carbocycles. The van der Waals surface area contributed by atoms with Crippen LogP contribution < -0.4 is 52.2 Å².